The fourth-order valence-electron chi connectivity index (χ4n) is 8.19. The quantitative estimate of drug-likeness (QED) is 0.105. The molecule has 1 aliphatic heterocycles. The van der Waals surface area contributed by atoms with E-state index in [1.165, 1.54) is 0 Å². The van der Waals surface area contributed by atoms with E-state index in [9.17, 15) is 32.3 Å². The van der Waals surface area contributed by atoms with E-state index in [2.05, 4.69) is 41.9 Å². The van der Waals surface area contributed by atoms with Gasteiger partial charge < -0.3 is 40.3 Å². The number of hydrogen-bond donors (Lipinski definition) is 4. The number of nitrogens with one attached hydrogen (secondary N) is 3. The number of likely N-dealkylation sites (N-methyl/N-ethyl adjacent to an activating group) is 2. The molecule has 2 aromatic carbocycles. The molecule has 0 aliphatic carbocycles. The van der Waals surface area contributed by atoms with Gasteiger partial charge in [0.25, 0.3) is 0 Å². The van der Waals surface area contributed by atoms with Gasteiger partial charge in [-0.15, -0.1) is 0 Å². The first-order valence-electron chi connectivity index (χ1n) is 22.1. The number of methoxy groups -OCH3 is 2. The predicted octanol–water partition coefficient (Wildman–Crippen LogP) is 6.37. The number of ether oxygens (including phenoxy) is 2. The lowest BCUT2D eigenvalue weighted by molar-refractivity contribution is -0.192. The molecule has 4 amide bonds. The molecule has 1 heterocycles. The Morgan fingerprint density at radius 3 is 1.92 bits per heavy atom. The summed E-state index contributed by atoms with van der Waals surface area (Å²) in [5, 5.41) is 16.5. The van der Waals surface area contributed by atoms with Crippen LogP contribution in [0.5, 0.6) is 0 Å². The third-order valence-electron chi connectivity index (χ3n) is 11.9. The lowest BCUT2D eigenvalue weighted by Gasteiger charge is -2.41. The van der Waals surface area contributed by atoms with Crippen molar-refractivity contribution in [3.05, 3.63) is 77.9 Å². The number of carbonyl (C=O) groups is 5. The minimum atomic E-state index is -5.08. The molecule has 64 heavy (non-hydrogen) atoms. The summed E-state index contributed by atoms with van der Waals surface area (Å²) >= 11 is 0. The van der Waals surface area contributed by atoms with Crippen LogP contribution in [-0.4, -0.2) is 128 Å². The highest BCUT2D eigenvalue weighted by Gasteiger charge is 2.43. The first kappa shape index (κ1) is 55.3. The average molecular weight is 904 g/mol. The number of halogens is 3. The van der Waals surface area contributed by atoms with E-state index < -0.39 is 48.4 Å². The number of carboxylic acids is 1. The molecule has 16 heteroatoms. The van der Waals surface area contributed by atoms with Crippen molar-refractivity contribution in [1.82, 2.24) is 25.8 Å². The van der Waals surface area contributed by atoms with Crippen molar-refractivity contribution in [3.63, 3.8) is 0 Å². The van der Waals surface area contributed by atoms with E-state index in [0.717, 1.165) is 24.0 Å². The number of nitrogens with zero attached hydrogens (tertiary/aromatic N) is 2. The van der Waals surface area contributed by atoms with Crippen LogP contribution in [0.25, 0.3) is 6.08 Å². The molecular formula is C48H72F3N5O8. The second kappa shape index (κ2) is 26.9. The standard InChI is InChI=1S/C46H71N5O6.C2HF3O2/c1-12-32(6)42(50(9)46(55)41(31(4)5)49-45(54)40(47-8)30(2)3)38(56-10)29-39(52)51-27-19-24-37(51)43(57-11)33(7)44(53)48-36(28-35-22-17-14-18-23-35)26-25-34-20-15-13-16-21-34;3-2(4,5)1(6)7/h13-18,20-23,25-26,30-33,36-38,40-43,47H,12,19,24,27-29H2,1-11H3,(H,48,53)(H,49,54);(H,6,7)/b26-25-;/t32-,33+,36+,37-,38+,40-,41-,42-,43+;/m0./s1. The molecule has 0 spiro atoms. The van der Waals surface area contributed by atoms with Crippen LogP contribution < -0.4 is 16.0 Å². The molecule has 4 N–H and O–H groups in total. The van der Waals surface area contributed by atoms with Gasteiger partial charge in [-0.3, -0.25) is 19.2 Å². The zero-order chi connectivity index (χ0) is 48.3. The smallest absolute Gasteiger partial charge is 0.475 e. The van der Waals surface area contributed by atoms with E-state index in [-0.39, 0.29) is 59.9 Å². The zero-order valence-corrected chi connectivity index (χ0v) is 39.4. The summed E-state index contributed by atoms with van der Waals surface area (Å²) < 4.78 is 43.9. The van der Waals surface area contributed by atoms with E-state index in [1.807, 2.05) is 100 Å². The first-order valence-corrected chi connectivity index (χ1v) is 22.1. The van der Waals surface area contributed by atoms with Crippen LogP contribution in [0.2, 0.25) is 0 Å². The molecule has 0 aromatic heterocycles. The number of aliphatic carboxylic acids is 1. The van der Waals surface area contributed by atoms with Crippen LogP contribution >= 0.6 is 0 Å². The predicted molar refractivity (Wildman–Crippen MR) is 242 cm³/mol. The summed E-state index contributed by atoms with van der Waals surface area (Å²) in [4.78, 5) is 68.2. The lowest BCUT2D eigenvalue weighted by Crippen LogP contribution is -2.59. The molecule has 3 rings (SSSR count). The van der Waals surface area contributed by atoms with Gasteiger partial charge in [0.1, 0.15) is 6.04 Å². The van der Waals surface area contributed by atoms with Crippen LogP contribution in [0, 0.1) is 23.7 Å². The van der Waals surface area contributed by atoms with E-state index in [1.54, 1.807) is 33.2 Å². The SMILES string of the molecule is CC[C@H](C)[C@@H]([C@@H](CC(=O)N1CCC[C@H]1[C@H](OC)[C@@H](C)C(=O)N[C@H](/C=C\c1ccccc1)Cc1ccccc1)OC)N(C)C(=O)[C@@H](NC(=O)[C@@H](NC)C(C)C)C(C)C.O=C(O)C(F)(F)F. The van der Waals surface area contributed by atoms with Crippen molar-refractivity contribution >= 4 is 35.7 Å². The number of hydrogen-bond acceptors (Lipinski definition) is 8. The maximum atomic E-state index is 14.3. The van der Waals surface area contributed by atoms with Crippen LogP contribution in [-0.2, 0) is 39.9 Å². The normalized spacial score (nSPS) is 17.9. The third kappa shape index (κ3) is 16.6. The number of amides is 4. The van der Waals surface area contributed by atoms with Gasteiger partial charge in [-0.25, -0.2) is 4.79 Å². The van der Waals surface area contributed by atoms with E-state index >= 15 is 0 Å². The Bertz CT molecular complexity index is 1780. The Balaban J connectivity index is 0.00000185. The topological polar surface area (TPSA) is 167 Å². The highest BCUT2D eigenvalue weighted by molar-refractivity contribution is 5.90. The first-order chi connectivity index (χ1) is 30.1. The number of carboxylic acid groups (broad SMARTS) is 1. The van der Waals surface area contributed by atoms with Crippen molar-refractivity contribution in [1.29, 1.82) is 0 Å². The van der Waals surface area contributed by atoms with Gasteiger partial charge in [0.15, 0.2) is 0 Å². The molecular weight excluding hydrogens is 832 g/mol. The fourth-order valence-corrected chi connectivity index (χ4v) is 8.19. The molecule has 1 aliphatic rings. The Morgan fingerprint density at radius 1 is 0.875 bits per heavy atom. The Kier molecular flexibility index (Phi) is 23.2. The van der Waals surface area contributed by atoms with Gasteiger partial charge in [0.2, 0.25) is 23.6 Å². The average Bonchev–Trinajstić information content (AvgIpc) is 3.74. The van der Waals surface area contributed by atoms with Gasteiger partial charge in [-0.05, 0) is 55.2 Å². The molecule has 0 saturated carbocycles. The number of rotatable bonds is 22. The highest BCUT2D eigenvalue weighted by atomic mass is 19.4. The van der Waals surface area contributed by atoms with E-state index in [4.69, 9.17) is 19.4 Å². The maximum Gasteiger partial charge on any atom is 0.490 e. The summed E-state index contributed by atoms with van der Waals surface area (Å²) in [5.74, 6) is -4.15. The van der Waals surface area contributed by atoms with Gasteiger partial charge in [-0.1, -0.05) is 128 Å². The minimum absolute atomic E-state index is 0.00877. The van der Waals surface area contributed by atoms with Gasteiger partial charge in [0.05, 0.1) is 48.7 Å². The molecule has 0 unspecified atom stereocenters. The summed E-state index contributed by atoms with van der Waals surface area (Å²) in [6, 6.07) is 17.9. The van der Waals surface area contributed by atoms with Crippen molar-refractivity contribution < 1.29 is 51.7 Å². The van der Waals surface area contributed by atoms with Crippen LogP contribution in [0.1, 0.15) is 85.3 Å². The molecule has 1 fully saturated rings. The second-order valence-electron chi connectivity index (χ2n) is 17.2. The molecule has 1 saturated heterocycles. The molecule has 9 atom stereocenters. The maximum absolute atomic E-state index is 14.3. The van der Waals surface area contributed by atoms with Gasteiger partial charge >= 0.3 is 12.1 Å². The van der Waals surface area contributed by atoms with Crippen LogP contribution in [0.3, 0.4) is 0 Å². The highest BCUT2D eigenvalue weighted by Crippen LogP contribution is 2.30. The van der Waals surface area contributed by atoms with Gasteiger partial charge in [-0.2, -0.15) is 13.2 Å². The number of alkyl halides is 3. The number of carbonyl (C=O) groups excluding carboxylic acids is 4. The number of likely N-dealkylation sites (tertiary alicyclic amines) is 1. The van der Waals surface area contributed by atoms with Crippen molar-refractivity contribution in [3.8, 4) is 0 Å². The van der Waals surface area contributed by atoms with Crippen LogP contribution in [0.15, 0.2) is 66.7 Å². The molecule has 2 aromatic rings. The summed E-state index contributed by atoms with van der Waals surface area (Å²) in [7, 11) is 6.67. The largest absolute Gasteiger partial charge is 0.490 e. The van der Waals surface area contributed by atoms with Crippen LogP contribution in [0.4, 0.5) is 13.2 Å². The fraction of sp³-hybridized carbons (Fsp3) is 0.604. The molecule has 358 valence electrons. The van der Waals surface area contributed by atoms with Crippen molar-refractivity contribution in [2.45, 2.75) is 129 Å². The molecule has 0 bridgehead atoms. The van der Waals surface area contributed by atoms with Crippen molar-refractivity contribution in [2.24, 2.45) is 23.7 Å². The summed E-state index contributed by atoms with van der Waals surface area (Å²) in [6.07, 6.45) is 0.740. The second-order valence-corrected chi connectivity index (χ2v) is 17.2. The Morgan fingerprint density at radius 2 is 1.44 bits per heavy atom. The summed E-state index contributed by atoms with van der Waals surface area (Å²) in [5.41, 5.74) is 2.15. The Labute approximate surface area is 377 Å². The summed E-state index contributed by atoms with van der Waals surface area (Å²) in [6.45, 7) is 14.3. The Hall–Kier alpha value is -4.80. The lowest BCUT2D eigenvalue weighted by atomic mass is 9.89. The van der Waals surface area contributed by atoms with E-state index in [0.29, 0.717) is 19.4 Å². The minimum Gasteiger partial charge on any atom is -0.475 e. The third-order valence-corrected chi connectivity index (χ3v) is 11.9. The molecule has 0 radical (unpaired) electrons. The zero-order valence-electron chi connectivity index (χ0n) is 39.4. The monoisotopic (exact) mass is 904 g/mol. The molecule has 13 nitrogen and oxygen atoms in total. The number of benzene rings is 2. The van der Waals surface area contributed by atoms with Crippen molar-refractivity contribution in [2.75, 3.05) is 34.9 Å². The van der Waals surface area contributed by atoms with Gasteiger partial charge in [0, 0.05) is 27.8 Å².